The van der Waals surface area contributed by atoms with E-state index in [4.69, 9.17) is 0 Å². The molecule has 0 fully saturated rings. The van der Waals surface area contributed by atoms with Crippen molar-refractivity contribution in [3.63, 3.8) is 0 Å². The molecule has 1 heterocycles. The van der Waals surface area contributed by atoms with Gasteiger partial charge in [-0.2, -0.15) is 5.10 Å². The Balaban J connectivity index is 2.53. The van der Waals surface area contributed by atoms with Crippen LogP contribution in [0.5, 0.6) is 0 Å². The van der Waals surface area contributed by atoms with Crippen molar-refractivity contribution in [2.45, 2.75) is 6.92 Å². The van der Waals surface area contributed by atoms with Crippen molar-refractivity contribution in [1.29, 1.82) is 0 Å². The number of rotatable bonds is 1. The Hall–Kier alpha value is -0.440. The molecule has 0 aromatic rings. The van der Waals surface area contributed by atoms with E-state index in [1.54, 1.807) is 18.0 Å². The van der Waals surface area contributed by atoms with Crippen LogP contribution in [0.2, 0.25) is 0 Å². The molecule has 8 heavy (non-hydrogen) atoms. The third-order valence-electron chi connectivity index (χ3n) is 0.886. The maximum absolute atomic E-state index is 4.10. The van der Waals surface area contributed by atoms with E-state index >= 15 is 0 Å². The summed E-state index contributed by atoms with van der Waals surface area (Å²) < 4.78 is 0. The van der Waals surface area contributed by atoms with E-state index in [0.29, 0.717) is 0 Å². The minimum atomic E-state index is 0.926. The second-order valence-corrected chi connectivity index (χ2v) is 2.65. The smallest absolute Gasteiger partial charge is 0.0925 e. The first-order valence-corrected chi connectivity index (χ1v) is 3.38. The molecule has 0 N–H and O–H groups in total. The molecule has 0 aromatic carbocycles. The average Bonchev–Trinajstić information content (AvgIpc) is 2.14. The molecule has 0 unspecified atom stereocenters. The predicted octanol–water partition coefficient (Wildman–Crippen LogP) is 1.47. The summed E-state index contributed by atoms with van der Waals surface area (Å²) in [5, 5.41) is 7.04. The molecule has 0 saturated heterocycles. The summed E-state index contributed by atoms with van der Waals surface area (Å²) in [6.07, 6.45) is 1.73. The van der Waals surface area contributed by atoms with Crippen molar-refractivity contribution in [2.75, 3.05) is 5.88 Å². The first kappa shape index (κ1) is 5.69. The van der Waals surface area contributed by atoms with E-state index in [9.17, 15) is 0 Å². The Morgan fingerprint density at radius 3 is 3.00 bits per heavy atom. The average molecular weight is 128 g/mol. The highest BCUT2D eigenvalue weighted by Crippen LogP contribution is 2.15. The van der Waals surface area contributed by atoms with Crippen molar-refractivity contribution >= 4 is 16.8 Å². The minimum Gasteiger partial charge on any atom is -0.262 e. The summed E-state index contributed by atoms with van der Waals surface area (Å²) in [5.74, 6) is 0.926. The summed E-state index contributed by atoms with van der Waals surface area (Å²) in [4.78, 5) is 0. The Morgan fingerprint density at radius 1 is 2.00 bits per heavy atom. The zero-order chi connectivity index (χ0) is 5.98. The molecular weight excluding hydrogens is 120 g/mol. The molecule has 3 heteroatoms. The molecule has 0 aromatic heterocycles. The van der Waals surface area contributed by atoms with Crippen LogP contribution in [0.3, 0.4) is 0 Å². The van der Waals surface area contributed by atoms with Crippen molar-refractivity contribution in [1.82, 2.24) is 5.01 Å². The first-order chi connectivity index (χ1) is 3.83. The van der Waals surface area contributed by atoms with Crippen molar-refractivity contribution in [3.8, 4) is 0 Å². The van der Waals surface area contributed by atoms with Crippen LogP contribution >= 0.6 is 11.8 Å². The maximum atomic E-state index is 4.10. The van der Waals surface area contributed by atoms with Gasteiger partial charge in [0.05, 0.1) is 10.9 Å². The lowest BCUT2D eigenvalue weighted by atomic mass is 10.9. The normalized spacial score (nSPS) is 18.6. The SMILES string of the molecule is C=CN1CSC(C)=N1. The summed E-state index contributed by atoms with van der Waals surface area (Å²) in [6.45, 7) is 5.58. The summed E-state index contributed by atoms with van der Waals surface area (Å²) >= 11 is 1.73. The number of hydrazone groups is 1. The minimum absolute atomic E-state index is 0.926. The molecule has 1 aliphatic rings. The van der Waals surface area contributed by atoms with Crippen molar-refractivity contribution < 1.29 is 0 Å². The highest BCUT2D eigenvalue weighted by Gasteiger charge is 2.05. The Kier molecular flexibility index (Phi) is 1.58. The van der Waals surface area contributed by atoms with Crippen LogP contribution in [0.1, 0.15) is 6.92 Å². The van der Waals surface area contributed by atoms with Gasteiger partial charge in [-0.1, -0.05) is 18.3 Å². The highest BCUT2D eigenvalue weighted by atomic mass is 32.2. The number of hydrogen-bond donors (Lipinski definition) is 0. The monoisotopic (exact) mass is 128 g/mol. The van der Waals surface area contributed by atoms with Crippen LogP contribution in [0, 0.1) is 0 Å². The number of hydrogen-bond acceptors (Lipinski definition) is 3. The van der Waals surface area contributed by atoms with Crippen LogP contribution < -0.4 is 0 Å². The molecule has 0 radical (unpaired) electrons. The lowest BCUT2D eigenvalue weighted by molar-refractivity contribution is 0.483. The number of thioether (sulfide) groups is 1. The van der Waals surface area contributed by atoms with Crippen LogP contribution in [0.15, 0.2) is 17.9 Å². The maximum Gasteiger partial charge on any atom is 0.0925 e. The summed E-state index contributed by atoms with van der Waals surface area (Å²) in [5.41, 5.74) is 0. The zero-order valence-electron chi connectivity index (χ0n) is 4.79. The predicted molar refractivity (Wildman–Crippen MR) is 37.6 cm³/mol. The number of nitrogens with zero attached hydrogens (tertiary/aromatic N) is 2. The molecule has 0 bridgehead atoms. The van der Waals surface area contributed by atoms with E-state index in [0.717, 1.165) is 10.9 Å². The van der Waals surface area contributed by atoms with E-state index in [1.165, 1.54) is 0 Å². The second kappa shape index (κ2) is 2.22. The van der Waals surface area contributed by atoms with Crippen LogP contribution in [0.4, 0.5) is 0 Å². The fourth-order valence-corrected chi connectivity index (χ4v) is 1.14. The van der Waals surface area contributed by atoms with Crippen molar-refractivity contribution in [3.05, 3.63) is 12.8 Å². The lowest BCUT2D eigenvalue weighted by Gasteiger charge is -2.01. The molecule has 1 rings (SSSR count). The molecule has 44 valence electrons. The molecule has 2 nitrogen and oxygen atoms in total. The summed E-state index contributed by atoms with van der Waals surface area (Å²) in [7, 11) is 0. The van der Waals surface area contributed by atoms with Crippen LogP contribution in [-0.2, 0) is 0 Å². The third-order valence-corrected chi connectivity index (χ3v) is 1.78. The largest absolute Gasteiger partial charge is 0.262 e. The van der Waals surface area contributed by atoms with Gasteiger partial charge < -0.3 is 0 Å². The molecular formula is C5H8N2S. The third kappa shape index (κ3) is 1.04. The van der Waals surface area contributed by atoms with E-state index < -0.39 is 0 Å². The summed E-state index contributed by atoms with van der Waals surface area (Å²) in [6, 6.07) is 0. The highest BCUT2D eigenvalue weighted by molar-refractivity contribution is 8.14. The quantitative estimate of drug-likeness (QED) is 0.531. The lowest BCUT2D eigenvalue weighted by Crippen LogP contribution is -2.00. The fraction of sp³-hybridized carbons (Fsp3) is 0.400. The van der Waals surface area contributed by atoms with E-state index in [-0.39, 0.29) is 0 Å². The van der Waals surface area contributed by atoms with E-state index in [2.05, 4.69) is 11.7 Å². The Morgan fingerprint density at radius 2 is 2.75 bits per heavy atom. The molecule has 0 spiro atoms. The van der Waals surface area contributed by atoms with Gasteiger partial charge in [0.15, 0.2) is 0 Å². The Bertz CT molecular complexity index is 130. The topological polar surface area (TPSA) is 15.6 Å². The van der Waals surface area contributed by atoms with Crippen molar-refractivity contribution in [2.24, 2.45) is 5.10 Å². The Labute approximate surface area is 53.3 Å². The fourth-order valence-electron chi connectivity index (χ4n) is 0.492. The van der Waals surface area contributed by atoms with Gasteiger partial charge in [0.2, 0.25) is 0 Å². The standard InChI is InChI=1S/C5H8N2S/c1-3-7-4-8-5(2)6-7/h3H,1,4H2,2H3. The molecule has 0 aliphatic carbocycles. The van der Waals surface area contributed by atoms with E-state index in [1.807, 2.05) is 11.9 Å². The molecule has 1 aliphatic heterocycles. The van der Waals surface area contributed by atoms with Gasteiger partial charge >= 0.3 is 0 Å². The van der Waals surface area contributed by atoms with Gasteiger partial charge in [0.1, 0.15) is 0 Å². The van der Waals surface area contributed by atoms with Crippen LogP contribution in [0.25, 0.3) is 0 Å². The van der Waals surface area contributed by atoms with Gasteiger partial charge in [-0.3, -0.25) is 5.01 Å². The van der Waals surface area contributed by atoms with Gasteiger partial charge in [-0.15, -0.1) is 0 Å². The van der Waals surface area contributed by atoms with Gasteiger partial charge in [-0.25, -0.2) is 0 Å². The van der Waals surface area contributed by atoms with Crippen LogP contribution in [-0.4, -0.2) is 15.9 Å². The van der Waals surface area contributed by atoms with Gasteiger partial charge in [0, 0.05) is 6.20 Å². The van der Waals surface area contributed by atoms with Gasteiger partial charge in [-0.05, 0) is 6.92 Å². The first-order valence-electron chi connectivity index (χ1n) is 2.40. The molecule has 0 amide bonds. The second-order valence-electron chi connectivity index (χ2n) is 1.51. The zero-order valence-corrected chi connectivity index (χ0v) is 5.61. The molecule has 0 atom stereocenters. The molecule has 0 saturated carbocycles. The van der Waals surface area contributed by atoms with Gasteiger partial charge in [0.25, 0.3) is 0 Å².